The van der Waals surface area contributed by atoms with Crippen LogP contribution in [0.5, 0.6) is 0 Å². The third-order valence-corrected chi connectivity index (χ3v) is 4.93. The number of halogens is 1. The minimum atomic E-state index is 0.611. The Kier molecular flexibility index (Phi) is 4.09. The number of nitrogens with one attached hydrogen (secondary N) is 1. The van der Waals surface area contributed by atoms with Gasteiger partial charge in [0.05, 0.1) is 16.1 Å². The highest BCUT2D eigenvalue weighted by molar-refractivity contribution is 6.33. The Morgan fingerprint density at radius 2 is 2.08 bits per heavy atom. The molecule has 6 heteroatoms. The molecular weight excluding hydrogens is 334 g/mol. The summed E-state index contributed by atoms with van der Waals surface area (Å²) in [5.74, 6) is 1.77. The molecule has 25 heavy (non-hydrogen) atoms. The van der Waals surface area contributed by atoms with Crippen molar-refractivity contribution in [3.05, 3.63) is 53.8 Å². The van der Waals surface area contributed by atoms with Crippen LogP contribution in [0, 0.1) is 0 Å². The van der Waals surface area contributed by atoms with Crippen LogP contribution in [0.2, 0.25) is 5.02 Å². The van der Waals surface area contributed by atoms with E-state index in [2.05, 4.69) is 32.4 Å². The van der Waals surface area contributed by atoms with Crippen molar-refractivity contribution in [2.24, 2.45) is 7.05 Å². The SMILES string of the molecule is C=C1CCN(c2cc(-c3nc4ccccc4n3C)c(Cl)cn2)CCN1. The third kappa shape index (κ3) is 2.96. The van der Waals surface area contributed by atoms with E-state index in [0.717, 1.165) is 60.0 Å². The third-order valence-electron chi connectivity index (χ3n) is 4.63. The van der Waals surface area contributed by atoms with E-state index in [9.17, 15) is 0 Å². The number of rotatable bonds is 2. The second-order valence-electron chi connectivity index (χ2n) is 6.27. The van der Waals surface area contributed by atoms with E-state index in [0.29, 0.717) is 5.02 Å². The van der Waals surface area contributed by atoms with Gasteiger partial charge in [0.15, 0.2) is 0 Å². The molecule has 1 saturated heterocycles. The Morgan fingerprint density at radius 3 is 2.92 bits per heavy atom. The molecule has 1 N–H and O–H groups in total. The van der Waals surface area contributed by atoms with E-state index in [4.69, 9.17) is 16.6 Å². The molecule has 5 nitrogen and oxygen atoms in total. The molecule has 0 bridgehead atoms. The van der Waals surface area contributed by atoms with Crippen LogP contribution in [0.3, 0.4) is 0 Å². The van der Waals surface area contributed by atoms with Gasteiger partial charge in [-0.1, -0.05) is 30.3 Å². The topological polar surface area (TPSA) is 46.0 Å². The van der Waals surface area contributed by atoms with Crippen LogP contribution in [0.1, 0.15) is 6.42 Å². The van der Waals surface area contributed by atoms with Gasteiger partial charge in [0.1, 0.15) is 11.6 Å². The van der Waals surface area contributed by atoms with Gasteiger partial charge >= 0.3 is 0 Å². The van der Waals surface area contributed by atoms with Crippen molar-refractivity contribution in [2.45, 2.75) is 6.42 Å². The number of para-hydroxylation sites is 2. The normalized spacial score (nSPS) is 15.3. The number of anilines is 1. The number of benzene rings is 1. The number of imidazole rings is 1. The highest BCUT2D eigenvalue weighted by Gasteiger charge is 2.17. The first-order valence-electron chi connectivity index (χ1n) is 8.37. The van der Waals surface area contributed by atoms with Crippen molar-refractivity contribution in [2.75, 3.05) is 24.5 Å². The number of nitrogens with zero attached hydrogens (tertiary/aromatic N) is 4. The Hall–Kier alpha value is -2.53. The van der Waals surface area contributed by atoms with Gasteiger partial charge < -0.3 is 14.8 Å². The fraction of sp³-hybridized carbons (Fsp3) is 0.263. The Bertz CT molecular complexity index is 946. The van der Waals surface area contributed by atoms with Crippen LogP contribution in [-0.4, -0.2) is 34.2 Å². The molecule has 1 fully saturated rings. The molecule has 1 aliphatic rings. The van der Waals surface area contributed by atoms with Crippen LogP contribution < -0.4 is 10.2 Å². The van der Waals surface area contributed by atoms with E-state index in [-0.39, 0.29) is 0 Å². The summed E-state index contributed by atoms with van der Waals surface area (Å²) in [5, 5.41) is 3.93. The summed E-state index contributed by atoms with van der Waals surface area (Å²) < 4.78 is 2.08. The minimum Gasteiger partial charge on any atom is -0.387 e. The second-order valence-corrected chi connectivity index (χ2v) is 6.68. The fourth-order valence-electron chi connectivity index (χ4n) is 3.23. The monoisotopic (exact) mass is 353 g/mol. The standard InChI is InChI=1S/C19H20ClN5/c1-13-7-9-25(10-8-21-13)18-11-14(15(20)12-22-18)19-23-16-5-3-4-6-17(16)24(19)2/h3-6,11-12,21H,1,7-10H2,2H3. The fourth-order valence-corrected chi connectivity index (χ4v) is 3.41. The molecule has 3 aromatic rings. The van der Waals surface area contributed by atoms with E-state index in [1.54, 1.807) is 6.20 Å². The summed E-state index contributed by atoms with van der Waals surface area (Å²) in [6.45, 7) is 6.67. The van der Waals surface area contributed by atoms with Gasteiger partial charge in [0.25, 0.3) is 0 Å². The van der Waals surface area contributed by atoms with E-state index < -0.39 is 0 Å². The maximum absolute atomic E-state index is 6.46. The highest BCUT2D eigenvalue weighted by Crippen LogP contribution is 2.31. The molecule has 0 radical (unpaired) electrons. The molecule has 3 heterocycles. The largest absolute Gasteiger partial charge is 0.387 e. The second kappa shape index (κ2) is 6.41. The maximum atomic E-state index is 6.46. The molecule has 0 aliphatic carbocycles. The number of fused-ring (bicyclic) bond motifs is 1. The molecule has 0 amide bonds. The molecule has 0 atom stereocenters. The van der Waals surface area contributed by atoms with Crippen molar-refractivity contribution in [1.29, 1.82) is 0 Å². The Balaban J connectivity index is 1.76. The molecular formula is C19H20ClN5. The lowest BCUT2D eigenvalue weighted by atomic mass is 10.2. The van der Waals surface area contributed by atoms with E-state index in [1.165, 1.54) is 0 Å². The van der Waals surface area contributed by atoms with Crippen LogP contribution in [0.25, 0.3) is 22.4 Å². The lowest BCUT2D eigenvalue weighted by Gasteiger charge is -2.21. The van der Waals surface area contributed by atoms with Crippen LogP contribution in [0.15, 0.2) is 48.8 Å². The number of hydrogen-bond acceptors (Lipinski definition) is 4. The van der Waals surface area contributed by atoms with Gasteiger partial charge in [-0.05, 0) is 18.2 Å². The Morgan fingerprint density at radius 1 is 1.24 bits per heavy atom. The van der Waals surface area contributed by atoms with Gasteiger partial charge in [-0.3, -0.25) is 0 Å². The van der Waals surface area contributed by atoms with Gasteiger partial charge in [0, 0.05) is 50.6 Å². The lowest BCUT2D eigenvalue weighted by Crippen LogP contribution is -2.28. The van der Waals surface area contributed by atoms with Crippen LogP contribution in [0.4, 0.5) is 5.82 Å². The lowest BCUT2D eigenvalue weighted by molar-refractivity contribution is 0.789. The molecule has 1 aliphatic heterocycles. The predicted molar refractivity (Wildman–Crippen MR) is 103 cm³/mol. The summed E-state index contributed by atoms with van der Waals surface area (Å²) in [5.41, 5.74) is 4.03. The smallest absolute Gasteiger partial charge is 0.142 e. The summed E-state index contributed by atoms with van der Waals surface area (Å²) >= 11 is 6.46. The van der Waals surface area contributed by atoms with Crippen LogP contribution in [-0.2, 0) is 7.05 Å². The number of aromatic nitrogens is 3. The maximum Gasteiger partial charge on any atom is 0.142 e. The van der Waals surface area contributed by atoms with Gasteiger partial charge in [-0.2, -0.15) is 0 Å². The van der Waals surface area contributed by atoms with Gasteiger partial charge in [-0.25, -0.2) is 9.97 Å². The Labute approximate surface area is 152 Å². The number of aryl methyl sites for hydroxylation is 1. The van der Waals surface area contributed by atoms with Crippen molar-refractivity contribution < 1.29 is 0 Å². The minimum absolute atomic E-state index is 0.611. The first-order chi connectivity index (χ1) is 12.1. The number of hydrogen-bond donors (Lipinski definition) is 1. The molecule has 0 saturated carbocycles. The molecule has 4 rings (SSSR count). The molecule has 1 aromatic carbocycles. The van der Waals surface area contributed by atoms with E-state index >= 15 is 0 Å². The summed E-state index contributed by atoms with van der Waals surface area (Å²) in [7, 11) is 2.01. The zero-order valence-electron chi connectivity index (χ0n) is 14.2. The molecule has 2 aromatic heterocycles. The first kappa shape index (κ1) is 16.0. The van der Waals surface area contributed by atoms with Crippen molar-refractivity contribution in [3.63, 3.8) is 0 Å². The average Bonchev–Trinajstić information content (AvgIpc) is 2.80. The zero-order valence-corrected chi connectivity index (χ0v) is 14.9. The summed E-state index contributed by atoms with van der Waals surface area (Å²) in [6.07, 6.45) is 2.63. The average molecular weight is 354 g/mol. The van der Waals surface area contributed by atoms with E-state index in [1.807, 2.05) is 31.3 Å². The molecule has 128 valence electrons. The van der Waals surface area contributed by atoms with Crippen LogP contribution >= 0.6 is 11.6 Å². The molecule has 0 spiro atoms. The first-order valence-corrected chi connectivity index (χ1v) is 8.75. The van der Waals surface area contributed by atoms with Gasteiger partial charge in [-0.15, -0.1) is 0 Å². The molecule has 0 unspecified atom stereocenters. The van der Waals surface area contributed by atoms with Crippen molar-refractivity contribution >= 4 is 28.5 Å². The zero-order chi connectivity index (χ0) is 17.4. The summed E-state index contributed by atoms with van der Waals surface area (Å²) in [4.78, 5) is 11.6. The highest BCUT2D eigenvalue weighted by atomic mass is 35.5. The number of pyridine rings is 1. The van der Waals surface area contributed by atoms with Gasteiger partial charge in [0.2, 0.25) is 0 Å². The van der Waals surface area contributed by atoms with Crippen molar-refractivity contribution in [1.82, 2.24) is 19.9 Å². The predicted octanol–water partition coefficient (Wildman–Crippen LogP) is 3.60. The quantitative estimate of drug-likeness (QED) is 0.764. The van der Waals surface area contributed by atoms with Crippen molar-refractivity contribution in [3.8, 4) is 11.4 Å². The summed E-state index contributed by atoms with van der Waals surface area (Å²) in [6, 6.07) is 10.1.